The summed E-state index contributed by atoms with van der Waals surface area (Å²) in [5.74, 6) is -2.76. The van der Waals surface area contributed by atoms with Crippen LogP contribution < -0.4 is 9.47 Å². The summed E-state index contributed by atoms with van der Waals surface area (Å²) in [6, 6.07) is 4.74. The summed E-state index contributed by atoms with van der Waals surface area (Å²) in [5, 5.41) is 0.649. The first-order chi connectivity index (χ1) is 10.4. The summed E-state index contributed by atoms with van der Waals surface area (Å²) < 4.78 is 43.8. The molecule has 0 aliphatic heterocycles. The number of rotatable bonds is 6. The van der Waals surface area contributed by atoms with Crippen LogP contribution in [0.25, 0.3) is 10.1 Å². The Bertz CT molecular complexity index is 640. The van der Waals surface area contributed by atoms with Gasteiger partial charge in [0.05, 0.1) is 32.6 Å². The van der Waals surface area contributed by atoms with E-state index < -0.39 is 18.3 Å². The fourth-order valence-corrected chi connectivity index (χ4v) is 3.11. The molecular weight excluding hydrogens is 314 g/mol. The van der Waals surface area contributed by atoms with Gasteiger partial charge in [-0.15, -0.1) is 11.3 Å². The Morgan fingerprint density at radius 3 is 2.36 bits per heavy atom. The molecule has 0 aliphatic rings. The maximum absolute atomic E-state index is 14.2. The van der Waals surface area contributed by atoms with Gasteiger partial charge in [-0.3, -0.25) is 4.79 Å². The van der Waals surface area contributed by atoms with Gasteiger partial charge in [-0.25, -0.2) is 8.78 Å². The van der Waals surface area contributed by atoms with Gasteiger partial charge >= 0.3 is 5.97 Å². The molecule has 0 atom stereocenters. The number of carbonyl (C=O) groups is 1. The minimum Gasteiger partial charge on any atom is -0.493 e. The highest BCUT2D eigenvalue weighted by Gasteiger charge is 2.34. The van der Waals surface area contributed by atoms with Crippen LogP contribution in [0.2, 0.25) is 0 Å². The molecule has 0 amide bonds. The molecule has 0 saturated heterocycles. The lowest BCUT2D eigenvalue weighted by molar-refractivity contribution is -0.142. The first-order valence-corrected chi connectivity index (χ1v) is 7.33. The number of methoxy groups -OCH3 is 3. The van der Waals surface area contributed by atoms with E-state index in [9.17, 15) is 13.6 Å². The van der Waals surface area contributed by atoms with Crippen molar-refractivity contribution < 1.29 is 27.8 Å². The van der Waals surface area contributed by atoms with Gasteiger partial charge in [0.2, 0.25) is 0 Å². The third-order valence-corrected chi connectivity index (χ3v) is 4.46. The number of halogens is 2. The zero-order valence-corrected chi connectivity index (χ0v) is 13.3. The first kappa shape index (κ1) is 16.5. The second-order valence-electron chi connectivity index (χ2n) is 4.64. The van der Waals surface area contributed by atoms with Crippen molar-refractivity contribution in [3.05, 3.63) is 23.1 Å². The second kappa shape index (κ2) is 6.48. The summed E-state index contributed by atoms with van der Waals surface area (Å²) in [5.41, 5.74) is 0. The minimum absolute atomic E-state index is 0.0956. The Kier molecular flexibility index (Phi) is 4.85. The molecule has 1 heterocycles. The molecule has 0 unspecified atom stereocenters. The quantitative estimate of drug-likeness (QED) is 0.752. The van der Waals surface area contributed by atoms with E-state index in [1.807, 2.05) is 0 Å². The van der Waals surface area contributed by atoms with Crippen LogP contribution in [-0.4, -0.2) is 27.3 Å². The molecule has 0 radical (unpaired) electrons. The van der Waals surface area contributed by atoms with Crippen molar-refractivity contribution in [1.82, 2.24) is 0 Å². The highest BCUT2D eigenvalue weighted by molar-refractivity contribution is 7.19. The van der Waals surface area contributed by atoms with Gasteiger partial charge in [-0.2, -0.15) is 0 Å². The monoisotopic (exact) mass is 330 g/mol. The van der Waals surface area contributed by atoms with E-state index >= 15 is 0 Å². The van der Waals surface area contributed by atoms with Crippen LogP contribution in [0, 0.1) is 0 Å². The molecule has 0 spiro atoms. The maximum Gasteiger partial charge on any atom is 0.305 e. The summed E-state index contributed by atoms with van der Waals surface area (Å²) in [7, 11) is 4.16. The molecule has 1 aromatic carbocycles. The minimum atomic E-state index is -3.08. The van der Waals surface area contributed by atoms with Crippen LogP contribution in [0.4, 0.5) is 8.78 Å². The Morgan fingerprint density at radius 2 is 1.77 bits per heavy atom. The largest absolute Gasteiger partial charge is 0.493 e. The van der Waals surface area contributed by atoms with Crippen LogP contribution in [0.15, 0.2) is 18.2 Å². The van der Waals surface area contributed by atoms with Crippen molar-refractivity contribution in [2.45, 2.75) is 18.8 Å². The van der Waals surface area contributed by atoms with Gasteiger partial charge in [0.15, 0.2) is 11.5 Å². The van der Waals surface area contributed by atoms with Gasteiger partial charge in [0, 0.05) is 17.2 Å². The van der Waals surface area contributed by atoms with E-state index in [2.05, 4.69) is 4.74 Å². The molecule has 2 rings (SSSR count). The predicted molar refractivity (Wildman–Crippen MR) is 80.1 cm³/mol. The zero-order valence-electron chi connectivity index (χ0n) is 12.4. The fraction of sp³-hybridized carbons (Fsp3) is 0.400. The first-order valence-electron chi connectivity index (χ1n) is 6.52. The number of ether oxygens (including phenoxy) is 3. The summed E-state index contributed by atoms with van der Waals surface area (Å²) in [6.07, 6.45) is -0.912. The van der Waals surface area contributed by atoms with Crippen molar-refractivity contribution in [1.29, 1.82) is 0 Å². The lowest BCUT2D eigenvalue weighted by Gasteiger charge is -2.13. The third kappa shape index (κ3) is 3.30. The zero-order chi connectivity index (χ0) is 16.3. The number of carbonyl (C=O) groups excluding carboxylic acids is 1. The number of benzene rings is 1. The topological polar surface area (TPSA) is 44.8 Å². The maximum atomic E-state index is 14.2. The molecule has 2 aromatic rings. The molecule has 0 saturated carbocycles. The standard InChI is InChI=1S/C15H16F2O4S/c1-19-10-6-9-7-13(22-12(9)8-11(10)20-2)15(16,17)5-4-14(18)21-3/h6-8H,4-5H2,1-3H3. The Labute approximate surface area is 130 Å². The van der Waals surface area contributed by atoms with Crippen LogP contribution in [0.3, 0.4) is 0 Å². The number of hydrogen-bond acceptors (Lipinski definition) is 5. The van der Waals surface area contributed by atoms with E-state index in [0.29, 0.717) is 21.6 Å². The molecule has 0 aliphatic carbocycles. The lowest BCUT2D eigenvalue weighted by Crippen LogP contribution is -2.14. The van der Waals surface area contributed by atoms with Gasteiger partial charge in [-0.1, -0.05) is 0 Å². The highest BCUT2D eigenvalue weighted by atomic mass is 32.1. The number of alkyl halides is 2. The van der Waals surface area contributed by atoms with Crippen molar-refractivity contribution in [2.75, 3.05) is 21.3 Å². The smallest absolute Gasteiger partial charge is 0.305 e. The Morgan fingerprint density at radius 1 is 1.14 bits per heavy atom. The Balaban J connectivity index is 2.33. The highest BCUT2D eigenvalue weighted by Crippen LogP contribution is 2.43. The summed E-state index contributed by atoms with van der Waals surface area (Å²) in [4.78, 5) is 10.9. The molecule has 0 bridgehead atoms. The van der Waals surface area contributed by atoms with E-state index in [0.717, 1.165) is 11.3 Å². The van der Waals surface area contributed by atoms with Crippen LogP contribution in [0.5, 0.6) is 11.5 Å². The molecule has 7 heteroatoms. The van der Waals surface area contributed by atoms with Crippen LogP contribution in [0.1, 0.15) is 17.7 Å². The van der Waals surface area contributed by atoms with Crippen molar-refractivity contribution in [2.24, 2.45) is 0 Å². The number of fused-ring (bicyclic) bond motifs is 1. The SMILES string of the molecule is COC(=O)CCC(F)(F)c1cc2cc(OC)c(OC)cc2s1. The second-order valence-corrected chi connectivity index (χ2v) is 5.72. The number of esters is 1. The van der Waals surface area contributed by atoms with Gasteiger partial charge in [0.25, 0.3) is 5.92 Å². The molecular formula is C15H16F2O4S. The Hall–Kier alpha value is -1.89. The molecule has 4 nitrogen and oxygen atoms in total. The lowest BCUT2D eigenvalue weighted by atomic mass is 10.1. The molecule has 1 aromatic heterocycles. The van der Waals surface area contributed by atoms with Gasteiger partial charge in [-0.05, 0) is 17.5 Å². The molecule has 22 heavy (non-hydrogen) atoms. The van der Waals surface area contributed by atoms with Crippen LogP contribution in [-0.2, 0) is 15.5 Å². The summed E-state index contributed by atoms with van der Waals surface area (Å²) in [6.45, 7) is 0. The van der Waals surface area contributed by atoms with E-state index in [-0.39, 0.29) is 11.3 Å². The molecule has 0 N–H and O–H groups in total. The van der Waals surface area contributed by atoms with Crippen molar-refractivity contribution in [3.63, 3.8) is 0 Å². The van der Waals surface area contributed by atoms with Crippen molar-refractivity contribution >= 4 is 27.4 Å². The predicted octanol–water partition coefficient (Wildman–Crippen LogP) is 3.96. The van der Waals surface area contributed by atoms with Gasteiger partial charge in [0.1, 0.15) is 0 Å². The number of hydrogen-bond donors (Lipinski definition) is 0. The normalized spacial score (nSPS) is 11.5. The summed E-state index contributed by atoms with van der Waals surface area (Å²) >= 11 is 0.975. The molecule has 0 fully saturated rings. The van der Waals surface area contributed by atoms with Crippen LogP contribution >= 0.6 is 11.3 Å². The fourth-order valence-electron chi connectivity index (χ4n) is 2.03. The van der Waals surface area contributed by atoms with E-state index in [4.69, 9.17) is 9.47 Å². The van der Waals surface area contributed by atoms with E-state index in [1.54, 1.807) is 12.1 Å². The third-order valence-electron chi connectivity index (χ3n) is 3.25. The van der Waals surface area contributed by atoms with Gasteiger partial charge < -0.3 is 14.2 Å². The van der Waals surface area contributed by atoms with Crippen molar-refractivity contribution in [3.8, 4) is 11.5 Å². The van der Waals surface area contributed by atoms with E-state index in [1.165, 1.54) is 27.4 Å². The average Bonchev–Trinajstić information content (AvgIpc) is 2.94. The number of thiophene rings is 1. The molecule has 120 valence electrons. The average molecular weight is 330 g/mol.